The van der Waals surface area contributed by atoms with Crippen LogP contribution in [0.3, 0.4) is 0 Å². The van der Waals surface area contributed by atoms with Gasteiger partial charge in [-0.1, -0.05) is 78.3 Å². The zero-order valence-corrected chi connectivity index (χ0v) is 26.0. The van der Waals surface area contributed by atoms with Crippen LogP contribution in [0.25, 0.3) is 6.08 Å². The number of amides is 3. The van der Waals surface area contributed by atoms with Crippen molar-refractivity contribution in [2.75, 3.05) is 10.6 Å². The summed E-state index contributed by atoms with van der Waals surface area (Å²) in [4.78, 5) is 41.6. The molecule has 0 radical (unpaired) electrons. The molecular formula is C35H28ClN3O3S2. The van der Waals surface area contributed by atoms with Gasteiger partial charge in [0.1, 0.15) is 10.9 Å². The highest BCUT2D eigenvalue weighted by Crippen LogP contribution is 2.37. The average Bonchev–Trinajstić information content (AvgIpc) is 3.55. The van der Waals surface area contributed by atoms with E-state index in [2.05, 4.69) is 16.0 Å². The standard InChI is InChI=1S/C35H28ClN3O3S2/c1-23-17-18-26(36)20-30(23)38-35(42)32(24-10-4-2-5-11-24)44-29-15-8-14-27(21-29)37-34(41)31(22-28-16-9-19-43-28)39-33(40)25-12-6-3-7-13-25/h2-22,32H,1H3,(H,37,41)(H,38,42)(H,39,40)/b31-22-. The van der Waals surface area contributed by atoms with E-state index < -0.39 is 11.2 Å². The van der Waals surface area contributed by atoms with Crippen LogP contribution >= 0.6 is 34.7 Å². The number of nitrogens with one attached hydrogen (secondary N) is 3. The van der Waals surface area contributed by atoms with E-state index >= 15 is 0 Å². The Morgan fingerprint density at radius 1 is 0.818 bits per heavy atom. The number of benzene rings is 4. The zero-order chi connectivity index (χ0) is 30.9. The minimum absolute atomic E-state index is 0.109. The number of rotatable bonds is 10. The third kappa shape index (κ3) is 8.26. The second-order valence-corrected chi connectivity index (χ2v) is 12.3. The highest BCUT2D eigenvalue weighted by Gasteiger charge is 2.23. The Bertz CT molecular complexity index is 1790. The Hall–Kier alpha value is -4.63. The van der Waals surface area contributed by atoms with E-state index in [0.717, 1.165) is 20.9 Å². The van der Waals surface area contributed by atoms with E-state index in [1.54, 1.807) is 54.6 Å². The van der Waals surface area contributed by atoms with Crippen molar-refractivity contribution in [1.29, 1.82) is 0 Å². The molecule has 0 aliphatic carbocycles. The Labute approximate surface area is 269 Å². The second kappa shape index (κ2) is 14.7. The molecule has 0 saturated heterocycles. The van der Waals surface area contributed by atoms with Gasteiger partial charge in [0.15, 0.2) is 0 Å². The first-order valence-electron chi connectivity index (χ1n) is 13.7. The van der Waals surface area contributed by atoms with Crippen molar-refractivity contribution in [2.24, 2.45) is 0 Å². The summed E-state index contributed by atoms with van der Waals surface area (Å²) in [6.45, 7) is 1.91. The monoisotopic (exact) mass is 637 g/mol. The number of halogens is 1. The largest absolute Gasteiger partial charge is 0.325 e. The lowest BCUT2D eigenvalue weighted by Crippen LogP contribution is -2.30. The van der Waals surface area contributed by atoms with Crippen molar-refractivity contribution >= 4 is 69.9 Å². The molecule has 1 heterocycles. The van der Waals surface area contributed by atoms with Gasteiger partial charge >= 0.3 is 0 Å². The second-order valence-electron chi connectivity index (χ2n) is 9.73. The molecule has 5 rings (SSSR count). The SMILES string of the molecule is Cc1ccc(Cl)cc1NC(=O)C(Sc1cccc(NC(=O)/C(=C/c2cccs2)NC(=O)c2ccccc2)c1)c1ccccc1. The Kier molecular flexibility index (Phi) is 10.3. The third-order valence-corrected chi connectivity index (χ3v) is 8.80. The van der Waals surface area contributed by atoms with Crippen molar-refractivity contribution in [3.05, 3.63) is 153 Å². The molecule has 9 heteroatoms. The van der Waals surface area contributed by atoms with Crippen molar-refractivity contribution in [2.45, 2.75) is 17.1 Å². The molecule has 220 valence electrons. The molecule has 6 nitrogen and oxygen atoms in total. The molecule has 1 atom stereocenters. The first kappa shape index (κ1) is 30.8. The van der Waals surface area contributed by atoms with Crippen LogP contribution < -0.4 is 16.0 Å². The summed E-state index contributed by atoms with van der Waals surface area (Å²) >= 11 is 9.00. The van der Waals surface area contributed by atoms with Gasteiger partial charge in [-0.3, -0.25) is 14.4 Å². The maximum atomic E-state index is 13.6. The van der Waals surface area contributed by atoms with Crippen LogP contribution in [0.1, 0.15) is 31.6 Å². The van der Waals surface area contributed by atoms with Crippen molar-refractivity contribution in [3.63, 3.8) is 0 Å². The number of carbonyl (C=O) groups is 3. The highest BCUT2D eigenvalue weighted by atomic mass is 35.5. The van der Waals surface area contributed by atoms with Gasteiger partial charge in [0, 0.05) is 31.7 Å². The van der Waals surface area contributed by atoms with Gasteiger partial charge < -0.3 is 16.0 Å². The Morgan fingerprint density at radius 2 is 1.57 bits per heavy atom. The van der Waals surface area contributed by atoms with Gasteiger partial charge in [-0.25, -0.2) is 0 Å². The first-order chi connectivity index (χ1) is 21.4. The summed E-state index contributed by atoms with van der Waals surface area (Å²) in [5, 5.41) is 10.5. The lowest BCUT2D eigenvalue weighted by molar-refractivity contribution is -0.116. The third-order valence-electron chi connectivity index (χ3n) is 6.50. The van der Waals surface area contributed by atoms with Gasteiger partial charge in [0.05, 0.1) is 0 Å². The van der Waals surface area contributed by atoms with Gasteiger partial charge in [-0.05, 0) is 78.0 Å². The van der Waals surface area contributed by atoms with Gasteiger partial charge in [-0.2, -0.15) is 0 Å². The van der Waals surface area contributed by atoms with Crippen LogP contribution in [0.5, 0.6) is 0 Å². The smallest absolute Gasteiger partial charge is 0.272 e. The Morgan fingerprint density at radius 3 is 2.30 bits per heavy atom. The topological polar surface area (TPSA) is 87.3 Å². The van der Waals surface area contributed by atoms with E-state index in [1.165, 1.54) is 23.1 Å². The summed E-state index contributed by atoms with van der Waals surface area (Å²) in [6, 6.07) is 34.6. The van der Waals surface area contributed by atoms with Crippen molar-refractivity contribution in [1.82, 2.24) is 5.32 Å². The minimum atomic E-state index is -0.583. The minimum Gasteiger partial charge on any atom is -0.325 e. The summed E-state index contributed by atoms with van der Waals surface area (Å²) < 4.78 is 0. The van der Waals surface area contributed by atoms with E-state index in [1.807, 2.05) is 79.0 Å². The molecule has 3 amide bonds. The van der Waals surface area contributed by atoms with Crippen LogP contribution in [-0.2, 0) is 9.59 Å². The van der Waals surface area contributed by atoms with Gasteiger partial charge in [0.2, 0.25) is 5.91 Å². The lowest BCUT2D eigenvalue weighted by Gasteiger charge is -2.19. The summed E-state index contributed by atoms with van der Waals surface area (Å²) in [6.07, 6.45) is 1.65. The predicted octanol–water partition coefficient (Wildman–Crippen LogP) is 8.59. The van der Waals surface area contributed by atoms with Crippen LogP contribution in [0.2, 0.25) is 5.02 Å². The molecule has 0 bridgehead atoms. The lowest BCUT2D eigenvalue weighted by atomic mass is 10.1. The number of anilines is 2. The number of thioether (sulfide) groups is 1. The highest BCUT2D eigenvalue weighted by molar-refractivity contribution is 8.00. The Balaban J connectivity index is 1.36. The molecule has 0 aliphatic rings. The number of hydrogen-bond donors (Lipinski definition) is 3. The zero-order valence-electron chi connectivity index (χ0n) is 23.6. The first-order valence-corrected chi connectivity index (χ1v) is 15.8. The van der Waals surface area contributed by atoms with Crippen LogP contribution in [0, 0.1) is 6.92 Å². The van der Waals surface area contributed by atoms with Gasteiger partial charge in [-0.15, -0.1) is 23.1 Å². The number of thiophene rings is 1. The van der Waals surface area contributed by atoms with E-state index in [4.69, 9.17) is 11.6 Å². The predicted molar refractivity (Wildman–Crippen MR) is 181 cm³/mol. The fourth-order valence-corrected chi connectivity index (χ4v) is 6.18. The average molecular weight is 638 g/mol. The molecule has 0 saturated carbocycles. The van der Waals surface area contributed by atoms with E-state index in [-0.39, 0.29) is 17.5 Å². The quantitative estimate of drug-likeness (QED) is 0.106. The molecule has 0 aliphatic heterocycles. The summed E-state index contributed by atoms with van der Waals surface area (Å²) in [7, 11) is 0. The van der Waals surface area contributed by atoms with E-state index in [0.29, 0.717) is 22.0 Å². The van der Waals surface area contributed by atoms with Crippen LogP contribution in [0.4, 0.5) is 11.4 Å². The maximum Gasteiger partial charge on any atom is 0.272 e. The number of hydrogen-bond acceptors (Lipinski definition) is 5. The van der Waals surface area contributed by atoms with Crippen molar-refractivity contribution < 1.29 is 14.4 Å². The molecule has 3 N–H and O–H groups in total. The van der Waals surface area contributed by atoms with Gasteiger partial charge in [0.25, 0.3) is 11.8 Å². The molecule has 0 spiro atoms. The normalized spacial score (nSPS) is 11.8. The number of aryl methyl sites for hydroxylation is 1. The molecule has 1 unspecified atom stereocenters. The van der Waals surface area contributed by atoms with Crippen molar-refractivity contribution in [3.8, 4) is 0 Å². The molecule has 4 aromatic carbocycles. The molecule has 5 aromatic rings. The van der Waals surface area contributed by atoms with E-state index in [9.17, 15) is 14.4 Å². The molecular weight excluding hydrogens is 610 g/mol. The molecule has 0 fully saturated rings. The summed E-state index contributed by atoms with van der Waals surface area (Å²) in [5.74, 6) is -1.07. The fraction of sp³-hybridized carbons (Fsp3) is 0.0571. The maximum absolute atomic E-state index is 13.6. The van der Waals surface area contributed by atoms with Crippen LogP contribution in [-0.4, -0.2) is 17.7 Å². The number of carbonyl (C=O) groups excluding carboxylic acids is 3. The van der Waals surface area contributed by atoms with Crippen LogP contribution in [0.15, 0.2) is 131 Å². The fourth-order valence-electron chi connectivity index (χ4n) is 4.27. The summed E-state index contributed by atoms with van der Waals surface area (Å²) in [5.41, 5.74) is 3.44. The molecule has 1 aromatic heterocycles. The molecule has 44 heavy (non-hydrogen) atoms.